The van der Waals surface area contributed by atoms with E-state index in [2.05, 4.69) is 10.3 Å². The number of aromatic nitrogens is 4. The van der Waals surface area contributed by atoms with Crippen molar-refractivity contribution < 1.29 is 13.9 Å². The van der Waals surface area contributed by atoms with Gasteiger partial charge in [0.05, 0.1) is 29.6 Å². The quantitative estimate of drug-likeness (QED) is 0.556. The fourth-order valence-corrected chi connectivity index (χ4v) is 4.67. The van der Waals surface area contributed by atoms with E-state index in [1.807, 2.05) is 16.5 Å². The predicted octanol–water partition coefficient (Wildman–Crippen LogP) is 3.08. The Morgan fingerprint density at radius 1 is 1.23 bits per heavy atom. The van der Waals surface area contributed by atoms with Gasteiger partial charge in [0.25, 0.3) is 5.56 Å². The van der Waals surface area contributed by atoms with Crippen LogP contribution in [0.5, 0.6) is 0 Å². The molecular weight excluding hydrogens is 451 g/mol. The Bertz CT molecular complexity index is 1250. The Labute approximate surface area is 203 Å². The highest BCUT2D eigenvalue weighted by molar-refractivity contribution is 5.79. The molecule has 0 spiro atoms. The molecule has 0 unspecified atom stereocenters. The number of nitrogens with zero attached hydrogens (tertiary/aromatic N) is 5. The summed E-state index contributed by atoms with van der Waals surface area (Å²) in [4.78, 5) is 36.3. The number of ether oxygens (including phenoxy) is 1. The largest absolute Gasteiger partial charge is 0.383 e. The summed E-state index contributed by atoms with van der Waals surface area (Å²) in [6.07, 6.45) is 3.07. The zero-order chi connectivity index (χ0) is 25.1. The molecule has 1 atom stereocenters. The van der Waals surface area contributed by atoms with E-state index in [0.29, 0.717) is 61.0 Å². The average molecular weight is 483 g/mol. The highest BCUT2D eigenvalue weighted by Crippen LogP contribution is 2.34. The van der Waals surface area contributed by atoms with Crippen LogP contribution in [0.2, 0.25) is 0 Å². The second-order valence-corrected chi connectivity index (χ2v) is 8.91. The molecule has 1 saturated heterocycles. The van der Waals surface area contributed by atoms with Crippen molar-refractivity contribution in [3.8, 4) is 22.5 Å². The lowest BCUT2D eigenvalue weighted by Crippen LogP contribution is -2.39. The highest BCUT2D eigenvalue weighted by atomic mass is 19.1. The molecule has 3 aromatic rings. The molecule has 0 bridgehead atoms. The SMILES string of the molecule is COC[C@H](C)Nc1nccc(-c2c(-c3ccc(F)cc3)c(=O)n(C)n2C2CCN(C(C)=O)CC2)n1. The standard InChI is InChI=1S/C25H31FN6O3/c1-16(15-35-4)28-25-27-12-9-21(29-25)23-22(18-5-7-19(26)8-6-18)24(34)30(3)32(23)20-10-13-31(14-11-20)17(2)33/h5-9,12,16,20H,10-11,13-15H2,1-4H3,(H,27,28,29)/t16-/m0/s1. The van der Waals surface area contributed by atoms with Gasteiger partial charge in [0.1, 0.15) is 5.82 Å². The molecule has 35 heavy (non-hydrogen) atoms. The molecule has 1 N–H and O–H groups in total. The molecule has 9 nitrogen and oxygen atoms in total. The number of hydrogen-bond donors (Lipinski definition) is 1. The maximum Gasteiger partial charge on any atom is 0.274 e. The van der Waals surface area contributed by atoms with Gasteiger partial charge in [0, 0.05) is 46.4 Å². The summed E-state index contributed by atoms with van der Waals surface area (Å²) in [5.41, 5.74) is 2.11. The number of piperidine rings is 1. The first-order valence-corrected chi connectivity index (χ1v) is 11.7. The summed E-state index contributed by atoms with van der Waals surface area (Å²) >= 11 is 0. The molecule has 10 heteroatoms. The first kappa shape index (κ1) is 24.6. The molecule has 1 aliphatic heterocycles. The van der Waals surface area contributed by atoms with Crippen LogP contribution in [-0.4, -0.2) is 63.0 Å². The van der Waals surface area contributed by atoms with E-state index < -0.39 is 0 Å². The number of amides is 1. The minimum absolute atomic E-state index is 0.00807. The van der Waals surface area contributed by atoms with Gasteiger partial charge in [0.2, 0.25) is 11.9 Å². The van der Waals surface area contributed by atoms with Crippen LogP contribution in [0.15, 0.2) is 41.3 Å². The molecule has 0 aliphatic carbocycles. The fourth-order valence-electron chi connectivity index (χ4n) is 4.67. The van der Waals surface area contributed by atoms with E-state index in [0.717, 1.165) is 0 Å². The van der Waals surface area contributed by atoms with Gasteiger partial charge >= 0.3 is 0 Å². The molecule has 1 aromatic carbocycles. The van der Waals surface area contributed by atoms with E-state index >= 15 is 0 Å². The molecule has 0 saturated carbocycles. The Balaban J connectivity index is 1.84. The van der Waals surface area contributed by atoms with Crippen molar-refractivity contribution in [2.45, 2.75) is 38.8 Å². The van der Waals surface area contributed by atoms with Crippen LogP contribution in [0, 0.1) is 5.82 Å². The van der Waals surface area contributed by atoms with Gasteiger partial charge in [-0.1, -0.05) is 12.1 Å². The van der Waals surface area contributed by atoms with Crippen molar-refractivity contribution in [1.82, 2.24) is 24.2 Å². The first-order valence-electron chi connectivity index (χ1n) is 11.7. The minimum atomic E-state index is -0.371. The van der Waals surface area contributed by atoms with Crippen molar-refractivity contribution in [3.63, 3.8) is 0 Å². The van der Waals surface area contributed by atoms with Gasteiger partial charge in [-0.3, -0.25) is 19.0 Å². The number of carbonyl (C=O) groups excluding carboxylic acids is 1. The number of anilines is 1. The van der Waals surface area contributed by atoms with Crippen LogP contribution in [0.3, 0.4) is 0 Å². The van der Waals surface area contributed by atoms with Crippen molar-refractivity contribution in [1.29, 1.82) is 0 Å². The van der Waals surface area contributed by atoms with E-state index in [1.54, 1.807) is 50.2 Å². The molecule has 2 aromatic heterocycles. The molecule has 0 radical (unpaired) electrons. The molecule has 1 amide bonds. The number of methoxy groups -OCH3 is 1. The Morgan fingerprint density at radius 2 is 1.91 bits per heavy atom. The van der Waals surface area contributed by atoms with Gasteiger partial charge < -0.3 is 15.0 Å². The molecule has 186 valence electrons. The lowest BCUT2D eigenvalue weighted by atomic mass is 10.0. The van der Waals surface area contributed by atoms with Crippen molar-refractivity contribution >= 4 is 11.9 Å². The topological polar surface area (TPSA) is 94.3 Å². The zero-order valence-electron chi connectivity index (χ0n) is 20.5. The molecular formula is C25H31FN6O3. The molecule has 4 rings (SSSR count). The van der Waals surface area contributed by atoms with Crippen molar-refractivity contribution in [2.75, 3.05) is 32.1 Å². The summed E-state index contributed by atoms with van der Waals surface area (Å²) in [5.74, 6) is 0.101. The molecule has 1 fully saturated rings. The minimum Gasteiger partial charge on any atom is -0.383 e. The second kappa shape index (κ2) is 10.4. The summed E-state index contributed by atoms with van der Waals surface area (Å²) in [7, 11) is 3.36. The van der Waals surface area contributed by atoms with Gasteiger partial charge in [-0.2, -0.15) is 0 Å². The second-order valence-electron chi connectivity index (χ2n) is 8.91. The van der Waals surface area contributed by atoms with Crippen LogP contribution in [0.25, 0.3) is 22.5 Å². The lowest BCUT2D eigenvalue weighted by molar-refractivity contribution is -0.130. The number of rotatable bonds is 7. The summed E-state index contributed by atoms with van der Waals surface area (Å²) < 4.78 is 22.5. The number of benzene rings is 1. The lowest BCUT2D eigenvalue weighted by Gasteiger charge is -2.33. The number of halogens is 1. The molecule has 3 heterocycles. The number of carbonyl (C=O) groups is 1. The van der Waals surface area contributed by atoms with Crippen LogP contribution < -0.4 is 10.9 Å². The van der Waals surface area contributed by atoms with E-state index in [9.17, 15) is 14.0 Å². The van der Waals surface area contributed by atoms with Gasteiger partial charge in [-0.25, -0.2) is 14.4 Å². The fraction of sp³-hybridized carbons (Fsp3) is 0.440. The van der Waals surface area contributed by atoms with Gasteiger partial charge in [-0.05, 0) is 43.5 Å². The maximum atomic E-state index is 13.7. The van der Waals surface area contributed by atoms with E-state index in [1.165, 1.54) is 12.1 Å². The van der Waals surface area contributed by atoms with Crippen LogP contribution >= 0.6 is 0 Å². The smallest absolute Gasteiger partial charge is 0.274 e. The third-order valence-electron chi connectivity index (χ3n) is 6.38. The average Bonchev–Trinajstić information content (AvgIpc) is 3.10. The monoisotopic (exact) mass is 482 g/mol. The van der Waals surface area contributed by atoms with Gasteiger partial charge in [0.15, 0.2) is 0 Å². The van der Waals surface area contributed by atoms with Crippen molar-refractivity contribution in [3.05, 3.63) is 52.7 Å². The van der Waals surface area contributed by atoms with Crippen LogP contribution in [-0.2, 0) is 16.6 Å². The van der Waals surface area contributed by atoms with Gasteiger partial charge in [-0.15, -0.1) is 0 Å². The maximum absolute atomic E-state index is 13.7. The van der Waals surface area contributed by atoms with E-state index in [4.69, 9.17) is 9.72 Å². The Hall–Kier alpha value is -3.53. The summed E-state index contributed by atoms with van der Waals surface area (Å²) in [5, 5.41) is 3.22. The summed E-state index contributed by atoms with van der Waals surface area (Å²) in [6, 6.07) is 7.67. The third kappa shape index (κ3) is 5.12. The zero-order valence-corrected chi connectivity index (χ0v) is 20.5. The number of nitrogens with one attached hydrogen (secondary N) is 1. The number of likely N-dealkylation sites (tertiary alicyclic amines) is 1. The summed E-state index contributed by atoms with van der Waals surface area (Å²) in [6.45, 7) is 5.25. The third-order valence-corrected chi connectivity index (χ3v) is 6.38. The van der Waals surface area contributed by atoms with E-state index in [-0.39, 0.29) is 29.4 Å². The first-order chi connectivity index (χ1) is 16.8. The highest BCUT2D eigenvalue weighted by Gasteiger charge is 2.30. The Morgan fingerprint density at radius 3 is 2.54 bits per heavy atom. The van der Waals surface area contributed by atoms with Crippen LogP contribution in [0.1, 0.15) is 32.7 Å². The Kier molecular flexibility index (Phi) is 7.30. The normalized spacial score (nSPS) is 15.3. The van der Waals surface area contributed by atoms with Crippen molar-refractivity contribution in [2.24, 2.45) is 7.05 Å². The number of hydrogen-bond acceptors (Lipinski definition) is 6. The molecule has 1 aliphatic rings. The van der Waals surface area contributed by atoms with Crippen LogP contribution in [0.4, 0.5) is 10.3 Å². The predicted molar refractivity (Wildman–Crippen MR) is 132 cm³/mol.